The molecule has 0 spiro atoms. The number of carbonyl (C=O) groups excluding carboxylic acids is 2. The molecule has 5 heteroatoms. The number of imide groups is 1. The quantitative estimate of drug-likeness (QED) is 0.624. The largest absolute Gasteiger partial charge is 0.489 e. The molecule has 1 aliphatic rings. The Balaban J connectivity index is 1.50. The maximum absolute atomic E-state index is 13.0. The first-order valence-corrected chi connectivity index (χ1v) is 9.51. The summed E-state index contributed by atoms with van der Waals surface area (Å²) in [5, 5.41) is 0. The van der Waals surface area contributed by atoms with Crippen LogP contribution in [0.1, 0.15) is 22.7 Å². The summed E-state index contributed by atoms with van der Waals surface area (Å²) < 4.78 is 11.1. The summed E-state index contributed by atoms with van der Waals surface area (Å²) in [5.74, 6) is 0.325. The van der Waals surface area contributed by atoms with Gasteiger partial charge in [-0.05, 0) is 17.2 Å². The summed E-state index contributed by atoms with van der Waals surface area (Å²) >= 11 is 0. The molecule has 0 bridgehead atoms. The van der Waals surface area contributed by atoms with E-state index in [0.29, 0.717) is 12.4 Å². The molecule has 0 saturated carbocycles. The minimum atomic E-state index is -0.605. The molecule has 1 atom stereocenters. The van der Waals surface area contributed by atoms with E-state index >= 15 is 0 Å². The molecule has 4 rings (SSSR count). The van der Waals surface area contributed by atoms with Crippen molar-refractivity contribution in [1.82, 2.24) is 4.90 Å². The highest BCUT2D eigenvalue weighted by Crippen LogP contribution is 2.29. The van der Waals surface area contributed by atoms with Crippen LogP contribution in [0.3, 0.4) is 0 Å². The van der Waals surface area contributed by atoms with Gasteiger partial charge in [-0.25, -0.2) is 9.69 Å². The molecule has 2 amide bonds. The second kappa shape index (κ2) is 8.61. The second-order valence-electron chi connectivity index (χ2n) is 6.83. The molecule has 5 nitrogen and oxygen atoms in total. The zero-order valence-corrected chi connectivity index (χ0v) is 15.9. The molecule has 1 saturated heterocycles. The van der Waals surface area contributed by atoms with Crippen LogP contribution in [0.15, 0.2) is 84.9 Å². The van der Waals surface area contributed by atoms with E-state index in [1.807, 2.05) is 84.9 Å². The van der Waals surface area contributed by atoms with Gasteiger partial charge in [0, 0.05) is 5.56 Å². The minimum Gasteiger partial charge on any atom is -0.489 e. The van der Waals surface area contributed by atoms with Crippen LogP contribution in [-0.2, 0) is 22.6 Å². The molecule has 29 heavy (non-hydrogen) atoms. The first kappa shape index (κ1) is 18.7. The van der Waals surface area contributed by atoms with Gasteiger partial charge in [0.1, 0.15) is 25.0 Å². The number of ether oxygens (including phenoxy) is 2. The van der Waals surface area contributed by atoms with E-state index in [9.17, 15) is 9.59 Å². The molecule has 1 heterocycles. The fourth-order valence-electron chi connectivity index (χ4n) is 3.39. The van der Waals surface area contributed by atoms with Gasteiger partial charge in [-0.2, -0.15) is 0 Å². The van der Waals surface area contributed by atoms with Crippen LogP contribution in [0, 0.1) is 0 Å². The summed E-state index contributed by atoms with van der Waals surface area (Å²) in [6, 6.07) is 26.3. The maximum atomic E-state index is 13.0. The van der Waals surface area contributed by atoms with Gasteiger partial charge in [0.2, 0.25) is 5.91 Å². The normalized spacial score (nSPS) is 15.8. The molecular weight excluding hydrogens is 366 g/mol. The number of carbonyl (C=O) groups is 2. The van der Waals surface area contributed by atoms with Gasteiger partial charge in [-0.3, -0.25) is 4.79 Å². The van der Waals surface area contributed by atoms with Crippen molar-refractivity contribution in [3.63, 3.8) is 0 Å². The highest BCUT2D eigenvalue weighted by atomic mass is 16.6. The van der Waals surface area contributed by atoms with Crippen LogP contribution in [-0.4, -0.2) is 23.5 Å². The fourth-order valence-corrected chi connectivity index (χ4v) is 3.39. The lowest BCUT2D eigenvalue weighted by atomic mass is 10.1. The Morgan fingerprint density at radius 2 is 1.59 bits per heavy atom. The number of benzene rings is 3. The number of para-hydroxylation sites is 1. The summed E-state index contributed by atoms with van der Waals surface area (Å²) in [7, 11) is 0. The highest BCUT2D eigenvalue weighted by molar-refractivity contribution is 5.95. The van der Waals surface area contributed by atoms with Crippen LogP contribution in [0.2, 0.25) is 0 Å². The summed E-state index contributed by atoms with van der Waals surface area (Å²) in [4.78, 5) is 26.5. The number of hydrogen-bond acceptors (Lipinski definition) is 4. The number of hydrogen-bond donors (Lipinski definition) is 0. The van der Waals surface area contributed by atoms with E-state index in [0.717, 1.165) is 16.7 Å². The third-order valence-electron chi connectivity index (χ3n) is 4.88. The lowest BCUT2D eigenvalue weighted by Crippen LogP contribution is -2.35. The lowest BCUT2D eigenvalue weighted by molar-refractivity contribution is -0.128. The predicted molar refractivity (Wildman–Crippen MR) is 108 cm³/mol. The average molecular weight is 387 g/mol. The SMILES string of the molecule is O=C(Cc1ccccc1OCc1ccccc1)N1C(=O)OC[C@H]1c1ccccc1. The first-order chi connectivity index (χ1) is 14.2. The van der Waals surface area contributed by atoms with Crippen molar-refractivity contribution in [2.45, 2.75) is 19.1 Å². The van der Waals surface area contributed by atoms with E-state index < -0.39 is 12.1 Å². The van der Waals surface area contributed by atoms with E-state index in [4.69, 9.17) is 9.47 Å². The molecule has 146 valence electrons. The third-order valence-corrected chi connectivity index (χ3v) is 4.88. The van der Waals surface area contributed by atoms with Crippen LogP contribution >= 0.6 is 0 Å². The van der Waals surface area contributed by atoms with Gasteiger partial charge in [-0.15, -0.1) is 0 Å². The number of cyclic esters (lactones) is 1. The Bertz CT molecular complexity index is 988. The summed E-state index contributed by atoms with van der Waals surface area (Å²) in [6.45, 7) is 0.575. The van der Waals surface area contributed by atoms with Crippen LogP contribution in [0.4, 0.5) is 4.79 Å². The van der Waals surface area contributed by atoms with Crippen molar-refractivity contribution in [2.75, 3.05) is 6.61 Å². The Hall–Kier alpha value is -3.60. The Morgan fingerprint density at radius 1 is 0.931 bits per heavy atom. The monoisotopic (exact) mass is 387 g/mol. The van der Waals surface area contributed by atoms with Gasteiger partial charge in [0.15, 0.2) is 0 Å². The van der Waals surface area contributed by atoms with E-state index in [1.165, 1.54) is 4.90 Å². The smallest absolute Gasteiger partial charge is 0.417 e. The van der Waals surface area contributed by atoms with Crippen molar-refractivity contribution in [3.05, 3.63) is 102 Å². The van der Waals surface area contributed by atoms with Crippen molar-refractivity contribution in [2.24, 2.45) is 0 Å². The molecule has 1 aliphatic heterocycles. The maximum Gasteiger partial charge on any atom is 0.417 e. The Morgan fingerprint density at radius 3 is 2.34 bits per heavy atom. The summed E-state index contributed by atoms with van der Waals surface area (Å²) in [5.41, 5.74) is 2.65. The molecule has 0 radical (unpaired) electrons. The zero-order chi connectivity index (χ0) is 20.1. The van der Waals surface area contributed by atoms with E-state index in [2.05, 4.69) is 0 Å². The van der Waals surface area contributed by atoms with Gasteiger partial charge in [0.05, 0.1) is 6.42 Å². The highest BCUT2D eigenvalue weighted by Gasteiger charge is 2.38. The van der Waals surface area contributed by atoms with Gasteiger partial charge >= 0.3 is 6.09 Å². The first-order valence-electron chi connectivity index (χ1n) is 9.51. The van der Waals surface area contributed by atoms with Crippen molar-refractivity contribution in [1.29, 1.82) is 0 Å². The van der Waals surface area contributed by atoms with E-state index in [-0.39, 0.29) is 18.9 Å². The van der Waals surface area contributed by atoms with Crippen LogP contribution in [0.5, 0.6) is 5.75 Å². The number of nitrogens with zero attached hydrogens (tertiary/aromatic N) is 1. The second-order valence-corrected chi connectivity index (χ2v) is 6.83. The van der Waals surface area contributed by atoms with Gasteiger partial charge in [-0.1, -0.05) is 78.9 Å². The van der Waals surface area contributed by atoms with E-state index in [1.54, 1.807) is 0 Å². The van der Waals surface area contributed by atoms with Gasteiger partial charge < -0.3 is 9.47 Å². The third kappa shape index (κ3) is 4.29. The van der Waals surface area contributed by atoms with Crippen molar-refractivity contribution < 1.29 is 19.1 Å². The molecule has 0 unspecified atom stereocenters. The molecule has 0 aliphatic carbocycles. The van der Waals surface area contributed by atoms with Crippen LogP contribution in [0.25, 0.3) is 0 Å². The average Bonchev–Trinajstić information content (AvgIpc) is 3.16. The fraction of sp³-hybridized carbons (Fsp3) is 0.167. The van der Waals surface area contributed by atoms with Crippen LogP contribution < -0.4 is 4.74 Å². The Labute approximate surface area is 169 Å². The van der Waals surface area contributed by atoms with Crippen molar-refractivity contribution in [3.8, 4) is 5.75 Å². The molecule has 1 fully saturated rings. The minimum absolute atomic E-state index is 0.0589. The standard InChI is InChI=1S/C24H21NO4/c26-23(25-21(17-29-24(25)27)19-11-5-2-6-12-19)15-20-13-7-8-14-22(20)28-16-18-9-3-1-4-10-18/h1-14,21H,15-17H2/t21-/m0/s1. The molecule has 0 N–H and O–H groups in total. The lowest BCUT2D eigenvalue weighted by Gasteiger charge is -2.20. The number of amides is 2. The predicted octanol–water partition coefficient (Wildman–Crippen LogP) is 4.53. The molecule has 3 aromatic rings. The van der Waals surface area contributed by atoms with Crippen molar-refractivity contribution >= 4 is 12.0 Å². The number of rotatable bonds is 6. The Kier molecular flexibility index (Phi) is 5.56. The zero-order valence-electron chi connectivity index (χ0n) is 15.9. The summed E-state index contributed by atoms with van der Waals surface area (Å²) in [6.07, 6.45) is -0.546. The topological polar surface area (TPSA) is 55.8 Å². The molecular formula is C24H21NO4. The van der Waals surface area contributed by atoms with Gasteiger partial charge in [0.25, 0.3) is 0 Å². The molecule has 0 aromatic heterocycles. The molecule has 3 aromatic carbocycles.